The van der Waals surface area contributed by atoms with Crippen LogP contribution in [0.15, 0.2) is 21.8 Å². The Morgan fingerprint density at radius 1 is 1.09 bits per heavy atom. The van der Waals surface area contributed by atoms with Crippen LogP contribution in [0.2, 0.25) is 0 Å². The molecule has 12 heteroatoms. The van der Waals surface area contributed by atoms with Gasteiger partial charge in [0.15, 0.2) is 11.5 Å². The van der Waals surface area contributed by atoms with Gasteiger partial charge in [0.2, 0.25) is 17.5 Å². The lowest BCUT2D eigenvalue weighted by atomic mass is 10.1. The number of fused-ring (bicyclic) bond motifs is 1. The number of nitrogens with one attached hydrogen (secondary N) is 1. The van der Waals surface area contributed by atoms with Crippen LogP contribution in [0.1, 0.15) is 27.2 Å². The zero-order chi connectivity index (χ0) is 24.2. The van der Waals surface area contributed by atoms with Crippen LogP contribution in [0, 0.1) is 0 Å². The van der Waals surface area contributed by atoms with Crippen LogP contribution in [0.5, 0.6) is 17.2 Å². The van der Waals surface area contributed by atoms with Crippen LogP contribution >= 0.6 is 23.1 Å². The van der Waals surface area contributed by atoms with Crippen LogP contribution in [0.25, 0.3) is 11.5 Å². The highest BCUT2D eigenvalue weighted by Gasteiger charge is 2.28. The summed E-state index contributed by atoms with van der Waals surface area (Å²) >= 11 is 2.52. The van der Waals surface area contributed by atoms with Crippen molar-refractivity contribution in [2.75, 3.05) is 39.5 Å². The van der Waals surface area contributed by atoms with Gasteiger partial charge in [-0.15, -0.1) is 21.5 Å². The van der Waals surface area contributed by atoms with Gasteiger partial charge in [0.1, 0.15) is 5.00 Å². The van der Waals surface area contributed by atoms with Gasteiger partial charge < -0.3 is 28.7 Å². The topological polar surface area (TPSA) is 122 Å². The van der Waals surface area contributed by atoms with Gasteiger partial charge in [-0.2, -0.15) is 0 Å². The molecule has 34 heavy (non-hydrogen) atoms. The standard InChI is InChI=1S/C22H23N3O7S2/c1-28-13-8-11(9-14(29-2)18(13)30-3)19-24-25-22(32-19)33-10-16(26)23-20-17(21(27)31-4)12-6-5-7-15(12)34-20/h8-9H,5-7,10H2,1-4H3,(H,23,26). The van der Waals surface area contributed by atoms with Crippen molar-refractivity contribution in [1.29, 1.82) is 0 Å². The van der Waals surface area contributed by atoms with E-state index in [9.17, 15) is 9.59 Å². The first-order valence-electron chi connectivity index (χ1n) is 10.3. The number of amides is 1. The number of hydrogen-bond acceptors (Lipinski definition) is 11. The molecule has 0 fully saturated rings. The predicted molar refractivity (Wildman–Crippen MR) is 126 cm³/mol. The number of rotatable bonds is 9. The summed E-state index contributed by atoms with van der Waals surface area (Å²) in [6, 6.07) is 3.39. The Morgan fingerprint density at radius 3 is 2.47 bits per heavy atom. The SMILES string of the molecule is COC(=O)c1c(NC(=O)CSc2nnc(-c3cc(OC)c(OC)c(OC)c3)o2)sc2c1CCC2. The molecule has 2 heterocycles. The number of thioether (sulfide) groups is 1. The molecule has 3 aromatic rings. The van der Waals surface area contributed by atoms with Crippen LogP contribution < -0.4 is 19.5 Å². The molecule has 1 aromatic carbocycles. The van der Waals surface area contributed by atoms with Crippen molar-refractivity contribution >= 4 is 40.0 Å². The Kier molecular flexibility index (Phi) is 7.27. The molecule has 10 nitrogen and oxygen atoms in total. The monoisotopic (exact) mass is 505 g/mol. The second kappa shape index (κ2) is 10.3. The number of aromatic nitrogens is 2. The van der Waals surface area contributed by atoms with Gasteiger partial charge in [0.05, 0.1) is 39.8 Å². The first kappa shape index (κ1) is 23.9. The summed E-state index contributed by atoms with van der Waals surface area (Å²) in [7, 11) is 5.89. The first-order chi connectivity index (χ1) is 16.5. The highest BCUT2D eigenvalue weighted by molar-refractivity contribution is 7.99. The summed E-state index contributed by atoms with van der Waals surface area (Å²) in [5.74, 6) is 0.896. The van der Waals surface area contributed by atoms with Crippen molar-refractivity contribution < 1.29 is 33.0 Å². The smallest absolute Gasteiger partial charge is 0.341 e. The maximum absolute atomic E-state index is 12.6. The third kappa shape index (κ3) is 4.68. The molecule has 0 saturated carbocycles. The van der Waals surface area contributed by atoms with E-state index >= 15 is 0 Å². The quantitative estimate of drug-likeness (QED) is 0.339. The van der Waals surface area contributed by atoms with Crippen LogP contribution in [0.4, 0.5) is 5.00 Å². The van der Waals surface area contributed by atoms with E-state index in [4.69, 9.17) is 23.4 Å². The van der Waals surface area contributed by atoms with Gasteiger partial charge in [-0.05, 0) is 37.0 Å². The van der Waals surface area contributed by atoms with E-state index in [0.29, 0.717) is 33.4 Å². The third-order valence-electron chi connectivity index (χ3n) is 5.21. The number of esters is 1. The molecular weight excluding hydrogens is 482 g/mol. The summed E-state index contributed by atoms with van der Waals surface area (Å²) in [4.78, 5) is 26.0. The van der Waals surface area contributed by atoms with Crippen molar-refractivity contribution in [3.8, 4) is 28.7 Å². The summed E-state index contributed by atoms with van der Waals surface area (Å²) < 4.78 is 26.7. The Balaban J connectivity index is 1.44. The molecule has 0 spiro atoms. The zero-order valence-electron chi connectivity index (χ0n) is 19.1. The van der Waals surface area contributed by atoms with E-state index in [1.54, 1.807) is 12.1 Å². The fourth-order valence-corrected chi connectivity index (χ4v) is 5.55. The molecule has 0 aliphatic heterocycles. The Labute approximate surface area is 203 Å². The molecule has 1 N–H and O–H groups in total. The van der Waals surface area contributed by atoms with E-state index in [1.165, 1.54) is 39.8 Å². The van der Waals surface area contributed by atoms with Gasteiger partial charge in [-0.1, -0.05) is 11.8 Å². The third-order valence-corrected chi connectivity index (χ3v) is 7.23. The molecule has 1 amide bonds. The van der Waals surface area contributed by atoms with E-state index in [1.807, 2.05) is 0 Å². The van der Waals surface area contributed by atoms with Gasteiger partial charge >= 0.3 is 5.97 Å². The lowest BCUT2D eigenvalue weighted by Gasteiger charge is -2.12. The van der Waals surface area contributed by atoms with Crippen molar-refractivity contribution in [2.45, 2.75) is 24.5 Å². The number of carbonyl (C=O) groups is 2. The van der Waals surface area contributed by atoms with E-state index in [2.05, 4.69) is 15.5 Å². The lowest BCUT2D eigenvalue weighted by molar-refractivity contribution is -0.113. The minimum Gasteiger partial charge on any atom is -0.493 e. The van der Waals surface area contributed by atoms with Crippen LogP contribution in [0.3, 0.4) is 0 Å². The molecule has 0 radical (unpaired) electrons. The summed E-state index contributed by atoms with van der Waals surface area (Å²) in [5.41, 5.74) is 2.02. The Morgan fingerprint density at radius 2 is 1.82 bits per heavy atom. The second-order valence-corrected chi connectivity index (χ2v) is 9.21. The van der Waals surface area contributed by atoms with Gasteiger partial charge in [-0.3, -0.25) is 4.79 Å². The Bertz CT molecular complexity index is 1200. The highest BCUT2D eigenvalue weighted by Crippen LogP contribution is 2.41. The largest absolute Gasteiger partial charge is 0.493 e. The normalized spacial score (nSPS) is 12.2. The molecule has 0 atom stereocenters. The summed E-state index contributed by atoms with van der Waals surface area (Å²) in [6.07, 6.45) is 2.72. The summed E-state index contributed by atoms with van der Waals surface area (Å²) in [6.45, 7) is 0. The minimum absolute atomic E-state index is 0.0278. The van der Waals surface area contributed by atoms with Crippen molar-refractivity contribution in [1.82, 2.24) is 10.2 Å². The Hall–Kier alpha value is -3.25. The molecular formula is C22H23N3O7S2. The fraction of sp³-hybridized carbons (Fsp3) is 0.364. The zero-order valence-corrected chi connectivity index (χ0v) is 20.7. The number of ether oxygens (including phenoxy) is 4. The lowest BCUT2D eigenvalue weighted by Crippen LogP contribution is -2.16. The number of carbonyl (C=O) groups excluding carboxylic acids is 2. The number of nitrogens with zero attached hydrogens (tertiary/aromatic N) is 2. The van der Waals surface area contributed by atoms with Crippen molar-refractivity contribution in [2.24, 2.45) is 0 Å². The average molecular weight is 506 g/mol. The second-order valence-electron chi connectivity index (χ2n) is 7.18. The molecule has 0 unspecified atom stereocenters. The molecule has 2 aromatic heterocycles. The maximum atomic E-state index is 12.6. The molecule has 4 rings (SSSR count). The minimum atomic E-state index is -0.436. The number of benzene rings is 1. The molecule has 1 aliphatic rings. The van der Waals surface area contributed by atoms with E-state index in [-0.39, 0.29) is 22.8 Å². The molecule has 180 valence electrons. The van der Waals surface area contributed by atoms with E-state index < -0.39 is 5.97 Å². The number of aryl methyl sites for hydroxylation is 1. The van der Waals surface area contributed by atoms with Crippen LogP contribution in [-0.2, 0) is 22.4 Å². The maximum Gasteiger partial charge on any atom is 0.341 e. The van der Waals surface area contributed by atoms with Crippen LogP contribution in [-0.4, -0.2) is 56.3 Å². The predicted octanol–water partition coefficient (Wildman–Crippen LogP) is 3.83. The number of anilines is 1. The van der Waals surface area contributed by atoms with Gasteiger partial charge in [0, 0.05) is 10.4 Å². The number of hydrogen-bond donors (Lipinski definition) is 1. The van der Waals surface area contributed by atoms with Crippen molar-refractivity contribution in [3.63, 3.8) is 0 Å². The fourth-order valence-electron chi connectivity index (χ4n) is 3.69. The highest BCUT2D eigenvalue weighted by atomic mass is 32.2. The van der Waals surface area contributed by atoms with E-state index in [0.717, 1.165) is 41.5 Å². The summed E-state index contributed by atoms with van der Waals surface area (Å²) in [5, 5.41) is 11.6. The average Bonchev–Trinajstić information content (AvgIpc) is 3.57. The molecule has 0 bridgehead atoms. The number of thiophene rings is 1. The van der Waals surface area contributed by atoms with Crippen molar-refractivity contribution in [3.05, 3.63) is 28.1 Å². The number of methoxy groups -OCH3 is 4. The first-order valence-corrected chi connectivity index (χ1v) is 12.1. The molecule has 0 saturated heterocycles. The van der Waals surface area contributed by atoms with Gasteiger partial charge in [0.25, 0.3) is 5.22 Å². The van der Waals surface area contributed by atoms with Gasteiger partial charge in [-0.25, -0.2) is 4.79 Å². The molecule has 1 aliphatic carbocycles.